The van der Waals surface area contributed by atoms with E-state index in [1.165, 1.54) is 11.3 Å². The number of halogens is 1. The Balaban J connectivity index is 1.94. The Morgan fingerprint density at radius 3 is 2.64 bits per heavy atom. The zero-order valence-electron chi connectivity index (χ0n) is 14.0. The SMILES string of the molecule is CCc1nc(-c2cc(S(=O)(=O)Nc3ccc(C)cc3Br)c(C)s2)cs1. The lowest BCUT2D eigenvalue weighted by Gasteiger charge is -2.10. The second kappa shape index (κ2) is 7.19. The summed E-state index contributed by atoms with van der Waals surface area (Å²) in [5, 5.41) is 3.02. The molecule has 2 heterocycles. The molecule has 0 aliphatic carbocycles. The zero-order valence-corrected chi connectivity index (χ0v) is 18.0. The second-order valence-corrected chi connectivity index (χ2v) is 10.3. The molecule has 0 aliphatic rings. The Morgan fingerprint density at radius 1 is 1.24 bits per heavy atom. The summed E-state index contributed by atoms with van der Waals surface area (Å²) in [6, 6.07) is 7.22. The molecule has 0 spiro atoms. The topological polar surface area (TPSA) is 59.1 Å². The molecule has 4 nitrogen and oxygen atoms in total. The van der Waals surface area contributed by atoms with Gasteiger partial charge in [0.25, 0.3) is 10.0 Å². The molecule has 0 atom stereocenters. The minimum absolute atomic E-state index is 0.297. The minimum Gasteiger partial charge on any atom is -0.278 e. The van der Waals surface area contributed by atoms with Gasteiger partial charge in [-0.15, -0.1) is 22.7 Å². The molecule has 0 radical (unpaired) electrons. The van der Waals surface area contributed by atoms with Crippen molar-refractivity contribution in [2.45, 2.75) is 32.1 Å². The number of aromatic nitrogens is 1. The molecule has 25 heavy (non-hydrogen) atoms. The highest BCUT2D eigenvalue weighted by Crippen LogP contribution is 2.35. The average Bonchev–Trinajstić information content (AvgIpc) is 3.16. The molecule has 2 aromatic heterocycles. The first kappa shape index (κ1) is 18.6. The number of benzene rings is 1. The first-order valence-electron chi connectivity index (χ1n) is 7.64. The van der Waals surface area contributed by atoms with Crippen LogP contribution in [0.1, 0.15) is 22.4 Å². The van der Waals surface area contributed by atoms with E-state index in [4.69, 9.17) is 0 Å². The predicted molar refractivity (Wildman–Crippen MR) is 109 cm³/mol. The standard InChI is InChI=1S/C17H17BrN2O2S3/c1-4-17-19-14(9-23-17)15-8-16(11(3)24-15)25(21,22)20-13-6-5-10(2)7-12(13)18/h5-9,20H,4H2,1-3H3. The van der Waals surface area contributed by atoms with Gasteiger partial charge in [-0.1, -0.05) is 13.0 Å². The van der Waals surface area contributed by atoms with Gasteiger partial charge >= 0.3 is 0 Å². The predicted octanol–water partition coefficient (Wildman–Crippen LogP) is 5.61. The summed E-state index contributed by atoms with van der Waals surface area (Å²) >= 11 is 6.46. The number of nitrogens with zero attached hydrogens (tertiary/aromatic N) is 1. The molecule has 0 saturated heterocycles. The third kappa shape index (κ3) is 3.97. The quantitative estimate of drug-likeness (QED) is 0.542. The molecule has 8 heteroatoms. The fraction of sp³-hybridized carbons (Fsp3) is 0.235. The number of sulfonamides is 1. The van der Waals surface area contributed by atoms with Crippen molar-refractivity contribution in [3.63, 3.8) is 0 Å². The Hall–Kier alpha value is -1.22. The van der Waals surface area contributed by atoms with Gasteiger partial charge in [-0.2, -0.15) is 0 Å². The summed E-state index contributed by atoms with van der Waals surface area (Å²) in [7, 11) is -3.66. The largest absolute Gasteiger partial charge is 0.278 e. The number of rotatable bonds is 5. The van der Waals surface area contributed by atoms with Crippen LogP contribution in [0.2, 0.25) is 0 Å². The highest BCUT2D eigenvalue weighted by atomic mass is 79.9. The van der Waals surface area contributed by atoms with Crippen molar-refractivity contribution in [1.29, 1.82) is 0 Å². The van der Waals surface area contributed by atoms with Crippen molar-refractivity contribution in [3.05, 3.63) is 49.6 Å². The molecule has 3 rings (SSSR count). The van der Waals surface area contributed by atoms with Crippen molar-refractivity contribution >= 4 is 54.3 Å². The summed E-state index contributed by atoms with van der Waals surface area (Å²) < 4.78 is 29.0. The van der Waals surface area contributed by atoms with Gasteiger partial charge in [-0.25, -0.2) is 13.4 Å². The van der Waals surface area contributed by atoms with E-state index in [1.54, 1.807) is 23.5 Å². The van der Waals surface area contributed by atoms with E-state index in [-0.39, 0.29) is 0 Å². The molecule has 3 aromatic rings. The van der Waals surface area contributed by atoms with Crippen LogP contribution in [-0.2, 0) is 16.4 Å². The van der Waals surface area contributed by atoms with Gasteiger partial charge in [0, 0.05) is 14.7 Å². The fourth-order valence-corrected chi connectivity index (χ4v) is 6.52. The van der Waals surface area contributed by atoms with Crippen molar-refractivity contribution < 1.29 is 8.42 Å². The lowest BCUT2D eigenvalue weighted by Crippen LogP contribution is -2.13. The van der Waals surface area contributed by atoms with Gasteiger partial charge in [0.05, 0.1) is 21.3 Å². The van der Waals surface area contributed by atoms with Crippen LogP contribution in [0.3, 0.4) is 0 Å². The number of nitrogens with one attached hydrogen (secondary N) is 1. The molecule has 0 bridgehead atoms. The van der Waals surface area contributed by atoms with Crippen molar-refractivity contribution in [3.8, 4) is 10.6 Å². The first-order valence-corrected chi connectivity index (χ1v) is 11.6. The smallest absolute Gasteiger partial charge is 0.263 e. The van der Waals surface area contributed by atoms with Gasteiger partial charge in [0.1, 0.15) is 4.90 Å². The van der Waals surface area contributed by atoms with E-state index in [0.717, 1.165) is 36.9 Å². The Morgan fingerprint density at radius 2 is 2.00 bits per heavy atom. The van der Waals surface area contributed by atoms with Crippen LogP contribution in [0, 0.1) is 13.8 Å². The summed E-state index contributed by atoms with van der Waals surface area (Å²) in [6.45, 7) is 5.83. The van der Waals surface area contributed by atoms with Gasteiger partial charge in [-0.05, 0) is 60.0 Å². The molecule has 0 amide bonds. The van der Waals surface area contributed by atoms with E-state index >= 15 is 0 Å². The van der Waals surface area contributed by atoms with Gasteiger partial charge in [0.15, 0.2) is 0 Å². The average molecular weight is 457 g/mol. The Bertz CT molecular complexity index is 1020. The van der Waals surface area contributed by atoms with Crippen LogP contribution in [-0.4, -0.2) is 13.4 Å². The summed E-state index contributed by atoms with van der Waals surface area (Å²) in [5.41, 5.74) is 2.42. The molecular weight excluding hydrogens is 440 g/mol. The maximum atomic E-state index is 12.8. The van der Waals surface area contributed by atoms with Crippen LogP contribution in [0.15, 0.2) is 39.0 Å². The molecule has 0 unspecified atom stereocenters. The van der Waals surface area contributed by atoms with E-state index in [0.29, 0.717) is 10.6 Å². The molecule has 0 aliphatic heterocycles. The summed E-state index contributed by atoms with van der Waals surface area (Å²) in [5.74, 6) is 0. The monoisotopic (exact) mass is 456 g/mol. The summed E-state index contributed by atoms with van der Waals surface area (Å²) in [4.78, 5) is 6.47. The molecule has 1 aromatic carbocycles. The van der Waals surface area contributed by atoms with E-state index < -0.39 is 10.0 Å². The lowest BCUT2D eigenvalue weighted by molar-refractivity contribution is 0.601. The zero-order chi connectivity index (χ0) is 18.2. The number of thiazole rings is 1. The number of hydrogen-bond donors (Lipinski definition) is 1. The molecular formula is C17H17BrN2O2S3. The molecule has 1 N–H and O–H groups in total. The van der Waals surface area contributed by atoms with Crippen molar-refractivity contribution in [2.75, 3.05) is 4.72 Å². The van der Waals surface area contributed by atoms with Crippen LogP contribution in [0.25, 0.3) is 10.6 Å². The van der Waals surface area contributed by atoms with E-state index in [1.807, 2.05) is 31.4 Å². The number of thiophene rings is 1. The lowest BCUT2D eigenvalue weighted by atomic mass is 10.2. The van der Waals surface area contributed by atoms with Gasteiger partial charge in [-0.3, -0.25) is 4.72 Å². The number of aryl methyl sites for hydroxylation is 3. The van der Waals surface area contributed by atoms with E-state index in [2.05, 4.69) is 32.6 Å². The third-order valence-electron chi connectivity index (χ3n) is 3.64. The van der Waals surface area contributed by atoms with Crippen LogP contribution in [0.5, 0.6) is 0 Å². The maximum absolute atomic E-state index is 12.8. The van der Waals surface area contributed by atoms with Gasteiger partial charge in [0.2, 0.25) is 0 Å². The first-order chi connectivity index (χ1) is 11.8. The van der Waals surface area contributed by atoms with Crippen LogP contribution < -0.4 is 4.72 Å². The molecule has 0 fully saturated rings. The van der Waals surface area contributed by atoms with Crippen molar-refractivity contribution in [2.24, 2.45) is 0 Å². The minimum atomic E-state index is -3.66. The molecule has 132 valence electrons. The Labute approximate surface area is 164 Å². The van der Waals surface area contributed by atoms with Crippen LogP contribution >= 0.6 is 38.6 Å². The third-order valence-corrected chi connectivity index (χ3v) is 7.98. The van der Waals surface area contributed by atoms with Crippen molar-refractivity contribution in [1.82, 2.24) is 4.98 Å². The fourth-order valence-electron chi connectivity index (χ4n) is 2.35. The second-order valence-electron chi connectivity index (χ2n) is 5.60. The highest BCUT2D eigenvalue weighted by molar-refractivity contribution is 9.10. The molecule has 0 saturated carbocycles. The highest BCUT2D eigenvalue weighted by Gasteiger charge is 2.22. The summed E-state index contributed by atoms with van der Waals surface area (Å²) in [6.07, 6.45) is 0.878. The van der Waals surface area contributed by atoms with Gasteiger partial charge < -0.3 is 0 Å². The van der Waals surface area contributed by atoms with Crippen LogP contribution in [0.4, 0.5) is 5.69 Å². The normalized spacial score (nSPS) is 11.7. The Kier molecular flexibility index (Phi) is 5.34. The number of hydrogen-bond acceptors (Lipinski definition) is 5. The number of anilines is 1. The maximum Gasteiger partial charge on any atom is 0.263 e. The van der Waals surface area contributed by atoms with E-state index in [9.17, 15) is 8.42 Å².